The second kappa shape index (κ2) is 5.96. The van der Waals surface area contributed by atoms with Crippen LogP contribution in [-0.2, 0) is 4.79 Å². The Kier molecular flexibility index (Phi) is 4.31. The molecule has 2 unspecified atom stereocenters. The molecule has 3 atom stereocenters. The molecular weight excluding hydrogens is 226 g/mol. The van der Waals surface area contributed by atoms with Gasteiger partial charge in [-0.05, 0) is 50.9 Å². The Labute approximate surface area is 108 Å². The van der Waals surface area contributed by atoms with Gasteiger partial charge in [-0.25, -0.2) is 0 Å². The molecule has 2 N–H and O–H groups in total. The number of carbonyl (C=O) groups excluding carboxylic acids is 1. The number of nitrogens with one attached hydrogen (secondary N) is 2. The van der Waals surface area contributed by atoms with Gasteiger partial charge in [0.2, 0.25) is 5.91 Å². The second-order valence-electron chi connectivity index (χ2n) is 5.09. The maximum Gasteiger partial charge on any atom is 0.223 e. The molecule has 4 heteroatoms. The quantitative estimate of drug-likeness (QED) is 0.854. The Morgan fingerprint density at radius 1 is 1.50 bits per heavy atom. The SMILES string of the molecule is CC1CC(C(=O)N[C@@H](C)c2ccncc2)CCN1. The van der Waals surface area contributed by atoms with Gasteiger partial charge in [0.1, 0.15) is 0 Å². The highest BCUT2D eigenvalue weighted by Gasteiger charge is 2.25. The predicted molar refractivity (Wildman–Crippen MR) is 71.0 cm³/mol. The molecule has 2 heterocycles. The van der Waals surface area contributed by atoms with Crippen LogP contribution in [0.2, 0.25) is 0 Å². The van der Waals surface area contributed by atoms with Crippen LogP contribution in [0.3, 0.4) is 0 Å². The van der Waals surface area contributed by atoms with E-state index in [9.17, 15) is 4.79 Å². The number of hydrogen-bond acceptors (Lipinski definition) is 3. The zero-order valence-electron chi connectivity index (χ0n) is 11.0. The molecule has 0 aliphatic carbocycles. The van der Waals surface area contributed by atoms with Crippen molar-refractivity contribution in [2.24, 2.45) is 5.92 Å². The van der Waals surface area contributed by atoms with Crippen molar-refractivity contribution >= 4 is 5.91 Å². The van der Waals surface area contributed by atoms with Gasteiger partial charge in [-0.2, -0.15) is 0 Å². The monoisotopic (exact) mass is 247 g/mol. The van der Waals surface area contributed by atoms with E-state index in [-0.39, 0.29) is 17.9 Å². The molecule has 0 bridgehead atoms. The first-order chi connectivity index (χ1) is 8.66. The van der Waals surface area contributed by atoms with E-state index in [4.69, 9.17) is 0 Å². The van der Waals surface area contributed by atoms with Gasteiger partial charge >= 0.3 is 0 Å². The van der Waals surface area contributed by atoms with Crippen molar-refractivity contribution in [2.75, 3.05) is 6.54 Å². The van der Waals surface area contributed by atoms with Crippen LogP contribution in [-0.4, -0.2) is 23.5 Å². The summed E-state index contributed by atoms with van der Waals surface area (Å²) in [7, 11) is 0. The minimum atomic E-state index is 0.0469. The molecule has 1 fully saturated rings. The minimum Gasteiger partial charge on any atom is -0.349 e. The van der Waals surface area contributed by atoms with Crippen LogP contribution in [0.15, 0.2) is 24.5 Å². The number of hydrogen-bond donors (Lipinski definition) is 2. The molecule has 1 aromatic heterocycles. The zero-order valence-corrected chi connectivity index (χ0v) is 11.0. The molecule has 0 saturated carbocycles. The fourth-order valence-corrected chi connectivity index (χ4v) is 2.44. The highest BCUT2D eigenvalue weighted by Crippen LogP contribution is 2.18. The van der Waals surface area contributed by atoms with E-state index >= 15 is 0 Å². The summed E-state index contributed by atoms with van der Waals surface area (Å²) in [5.74, 6) is 0.318. The molecule has 98 valence electrons. The van der Waals surface area contributed by atoms with Crippen LogP contribution in [0.1, 0.15) is 38.3 Å². The Morgan fingerprint density at radius 2 is 2.22 bits per heavy atom. The topological polar surface area (TPSA) is 54.0 Å². The Balaban J connectivity index is 1.91. The number of rotatable bonds is 3. The van der Waals surface area contributed by atoms with Crippen LogP contribution in [0.25, 0.3) is 0 Å². The maximum absolute atomic E-state index is 12.2. The summed E-state index contributed by atoms with van der Waals surface area (Å²) in [4.78, 5) is 16.2. The van der Waals surface area contributed by atoms with Gasteiger partial charge in [-0.1, -0.05) is 0 Å². The van der Waals surface area contributed by atoms with Gasteiger partial charge < -0.3 is 10.6 Å². The van der Waals surface area contributed by atoms with Crippen molar-refractivity contribution in [2.45, 2.75) is 38.8 Å². The summed E-state index contributed by atoms with van der Waals surface area (Å²) < 4.78 is 0. The Hall–Kier alpha value is -1.42. The fourth-order valence-electron chi connectivity index (χ4n) is 2.44. The standard InChI is InChI=1S/C14H21N3O/c1-10-9-13(5-8-16-10)14(18)17-11(2)12-3-6-15-7-4-12/h3-4,6-7,10-11,13,16H,5,8-9H2,1-2H3,(H,17,18)/t10?,11-,13?/m0/s1. The molecule has 1 aliphatic heterocycles. The van der Waals surface area contributed by atoms with E-state index in [2.05, 4.69) is 22.5 Å². The predicted octanol–water partition coefficient (Wildman–Crippen LogP) is 1.65. The summed E-state index contributed by atoms with van der Waals surface area (Å²) in [6, 6.07) is 4.36. The van der Waals surface area contributed by atoms with E-state index in [0.29, 0.717) is 6.04 Å². The molecular formula is C14H21N3O. The molecule has 0 spiro atoms. The summed E-state index contributed by atoms with van der Waals surface area (Å²) in [5, 5.41) is 6.46. The van der Waals surface area contributed by atoms with Crippen molar-refractivity contribution in [3.8, 4) is 0 Å². The normalized spacial score (nSPS) is 25.4. The lowest BCUT2D eigenvalue weighted by Crippen LogP contribution is -2.42. The second-order valence-corrected chi connectivity index (χ2v) is 5.09. The fraction of sp³-hybridized carbons (Fsp3) is 0.571. The summed E-state index contributed by atoms with van der Waals surface area (Å²) in [6.45, 7) is 5.08. The smallest absolute Gasteiger partial charge is 0.223 e. The lowest BCUT2D eigenvalue weighted by atomic mass is 9.92. The number of piperidine rings is 1. The minimum absolute atomic E-state index is 0.0469. The molecule has 0 aromatic carbocycles. The third-order valence-electron chi connectivity index (χ3n) is 3.56. The Bertz CT molecular complexity index is 393. The van der Waals surface area contributed by atoms with E-state index in [0.717, 1.165) is 24.9 Å². The summed E-state index contributed by atoms with van der Waals surface area (Å²) in [5.41, 5.74) is 1.10. The van der Waals surface area contributed by atoms with E-state index in [1.165, 1.54) is 0 Å². The molecule has 4 nitrogen and oxygen atoms in total. The van der Waals surface area contributed by atoms with Crippen molar-refractivity contribution in [3.05, 3.63) is 30.1 Å². The highest BCUT2D eigenvalue weighted by atomic mass is 16.1. The average molecular weight is 247 g/mol. The number of amides is 1. The summed E-state index contributed by atoms with van der Waals surface area (Å²) in [6.07, 6.45) is 5.36. The first-order valence-corrected chi connectivity index (χ1v) is 6.60. The third-order valence-corrected chi connectivity index (χ3v) is 3.56. The van der Waals surface area contributed by atoms with Crippen molar-refractivity contribution < 1.29 is 4.79 Å². The largest absolute Gasteiger partial charge is 0.349 e. The molecule has 1 amide bonds. The van der Waals surface area contributed by atoms with E-state index in [1.807, 2.05) is 19.1 Å². The van der Waals surface area contributed by atoms with Crippen LogP contribution < -0.4 is 10.6 Å². The molecule has 18 heavy (non-hydrogen) atoms. The number of nitrogens with zero attached hydrogens (tertiary/aromatic N) is 1. The van der Waals surface area contributed by atoms with Crippen LogP contribution in [0.4, 0.5) is 0 Å². The molecule has 1 aromatic rings. The lowest BCUT2D eigenvalue weighted by molar-refractivity contribution is -0.126. The van der Waals surface area contributed by atoms with E-state index < -0.39 is 0 Å². The van der Waals surface area contributed by atoms with Crippen LogP contribution in [0, 0.1) is 5.92 Å². The van der Waals surface area contributed by atoms with Gasteiger partial charge in [-0.3, -0.25) is 9.78 Å². The molecule has 2 rings (SSSR count). The van der Waals surface area contributed by atoms with Crippen molar-refractivity contribution in [1.82, 2.24) is 15.6 Å². The summed E-state index contributed by atoms with van der Waals surface area (Å²) >= 11 is 0. The number of aromatic nitrogens is 1. The molecule has 0 radical (unpaired) electrons. The molecule has 1 aliphatic rings. The first-order valence-electron chi connectivity index (χ1n) is 6.60. The van der Waals surface area contributed by atoms with Gasteiger partial charge in [0, 0.05) is 24.4 Å². The Morgan fingerprint density at radius 3 is 2.89 bits per heavy atom. The van der Waals surface area contributed by atoms with Gasteiger partial charge in [0.15, 0.2) is 0 Å². The highest BCUT2D eigenvalue weighted by molar-refractivity contribution is 5.79. The first kappa shape index (κ1) is 13.0. The maximum atomic E-state index is 12.2. The lowest BCUT2D eigenvalue weighted by Gasteiger charge is -2.28. The van der Waals surface area contributed by atoms with Gasteiger partial charge in [-0.15, -0.1) is 0 Å². The van der Waals surface area contributed by atoms with Gasteiger partial charge in [0.25, 0.3) is 0 Å². The van der Waals surface area contributed by atoms with Crippen LogP contribution in [0.5, 0.6) is 0 Å². The van der Waals surface area contributed by atoms with Crippen LogP contribution >= 0.6 is 0 Å². The van der Waals surface area contributed by atoms with Crippen molar-refractivity contribution in [3.63, 3.8) is 0 Å². The van der Waals surface area contributed by atoms with Gasteiger partial charge in [0.05, 0.1) is 6.04 Å². The van der Waals surface area contributed by atoms with E-state index in [1.54, 1.807) is 12.4 Å². The molecule has 1 saturated heterocycles. The zero-order chi connectivity index (χ0) is 13.0. The number of carbonyl (C=O) groups is 1. The third kappa shape index (κ3) is 3.29. The number of pyridine rings is 1. The average Bonchev–Trinajstić information content (AvgIpc) is 2.39. The van der Waals surface area contributed by atoms with Crippen molar-refractivity contribution in [1.29, 1.82) is 0 Å².